The molecule has 94 valence electrons. The van der Waals surface area contributed by atoms with Crippen molar-refractivity contribution < 1.29 is 9.90 Å². The van der Waals surface area contributed by atoms with Crippen LogP contribution in [0, 0.1) is 17.3 Å². The Labute approximate surface area is 103 Å². The molecule has 0 radical (unpaired) electrons. The van der Waals surface area contributed by atoms with Gasteiger partial charge in [0.2, 0.25) is 0 Å². The van der Waals surface area contributed by atoms with Crippen molar-refractivity contribution in [2.24, 2.45) is 17.3 Å². The third-order valence-corrected chi connectivity index (χ3v) is 4.62. The van der Waals surface area contributed by atoms with E-state index >= 15 is 0 Å². The molecule has 2 nitrogen and oxygen atoms in total. The Hall–Kier alpha value is -1.05. The number of rotatable bonds is 1. The van der Waals surface area contributed by atoms with Crippen molar-refractivity contribution in [1.82, 2.24) is 0 Å². The number of allylic oxidation sites excluding steroid dienone is 2. The van der Waals surface area contributed by atoms with E-state index in [0.717, 1.165) is 19.3 Å². The molecule has 0 aromatic rings. The molecule has 2 heteroatoms. The quantitative estimate of drug-likeness (QED) is 0.701. The maximum absolute atomic E-state index is 11.1. The molecule has 0 heterocycles. The van der Waals surface area contributed by atoms with Gasteiger partial charge in [-0.05, 0) is 49.4 Å². The van der Waals surface area contributed by atoms with Crippen LogP contribution in [0.2, 0.25) is 0 Å². The summed E-state index contributed by atoms with van der Waals surface area (Å²) in [5.74, 6) is 0.508. The summed E-state index contributed by atoms with van der Waals surface area (Å²) in [5.41, 5.74) is 2.29. The largest absolute Gasteiger partial charge is 0.478 e. The van der Waals surface area contributed by atoms with Gasteiger partial charge in [-0.15, -0.1) is 0 Å². The van der Waals surface area contributed by atoms with Crippen molar-refractivity contribution in [3.8, 4) is 0 Å². The Morgan fingerprint density at radius 1 is 1.47 bits per heavy atom. The predicted molar refractivity (Wildman–Crippen MR) is 68.7 cm³/mol. The smallest absolute Gasteiger partial charge is 0.331 e. The first kappa shape index (κ1) is 12.4. The summed E-state index contributed by atoms with van der Waals surface area (Å²) in [4.78, 5) is 11.1. The van der Waals surface area contributed by atoms with Crippen molar-refractivity contribution in [3.05, 3.63) is 23.8 Å². The minimum absolute atomic E-state index is 0.363. The van der Waals surface area contributed by atoms with Gasteiger partial charge in [0.25, 0.3) is 0 Å². The summed E-state index contributed by atoms with van der Waals surface area (Å²) in [6.07, 6.45) is 6.62. The highest BCUT2D eigenvalue weighted by atomic mass is 16.4. The van der Waals surface area contributed by atoms with E-state index in [1.54, 1.807) is 0 Å². The molecule has 0 spiro atoms. The van der Waals surface area contributed by atoms with Crippen LogP contribution >= 0.6 is 0 Å². The van der Waals surface area contributed by atoms with Gasteiger partial charge in [-0.25, -0.2) is 4.79 Å². The van der Waals surface area contributed by atoms with Gasteiger partial charge in [0.05, 0.1) is 0 Å². The first-order valence-electron chi connectivity index (χ1n) is 6.52. The van der Waals surface area contributed by atoms with Crippen molar-refractivity contribution in [2.75, 3.05) is 0 Å². The number of carbonyl (C=O) groups is 1. The fourth-order valence-electron chi connectivity index (χ4n) is 3.49. The normalized spacial score (nSPS) is 35.4. The highest BCUT2D eigenvalue weighted by Crippen LogP contribution is 2.56. The summed E-state index contributed by atoms with van der Waals surface area (Å²) < 4.78 is 0. The standard InChI is InChI=1S/C15H22O2/c1-10-5-4-6-11(14(16)17)7-8-13-12(10)9-15(13,2)3/h6,12-13H,1,4-5,7-9H2,2-3H3,(H,16,17)/b11-6+. The zero-order valence-corrected chi connectivity index (χ0v) is 10.8. The fourth-order valence-corrected chi connectivity index (χ4v) is 3.49. The Morgan fingerprint density at radius 2 is 2.18 bits per heavy atom. The molecule has 1 fully saturated rings. The molecule has 1 N–H and O–H groups in total. The minimum Gasteiger partial charge on any atom is -0.478 e. The molecule has 0 aromatic heterocycles. The summed E-state index contributed by atoms with van der Waals surface area (Å²) in [6.45, 7) is 8.79. The minimum atomic E-state index is -0.744. The van der Waals surface area contributed by atoms with Gasteiger partial charge in [0.15, 0.2) is 0 Å². The van der Waals surface area contributed by atoms with E-state index in [-0.39, 0.29) is 0 Å². The molecule has 0 bridgehead atoms. The van der Waals surface area contributed by atoms with Gasteiger partial charge in [-0.3, -0.25) is 0 Å². The Balaban J connectivity index is 2.15. The topological polar surface area (TPSA) is 37.3 Å². The van der Waals surface area contributed by atoms with Crippen LogP contribution in [-0.4, -0.2) is 11.1 Å². The lowest BCUT2D eigenvalue weighted by Gasteiger charge is -2.53. The summed E-state index contributed by atoms with van der Waals surface area (Å²) in [5, 5.41) is 9.12. The Kier molecular flexibility index (Phi) is 3.15. The molecule has 17 heavy (non-hydrogen) atoms. The molecule has 2 aliphatic rings. The van der Waals surface area contributed by atoms with Gasteiger partial charge in [0.1, 0.15) is 0 Å². The van der Waals surface area contributed by atoms with Crippen LogP contribution in [0.15, 0.2) is 23.8 Å². The number of hydrogen-bond donors (Lipinski definition) is 1. The molecule has 2 aliphatic carbocycles. The van der Waals surface area contributed by atoms with E-state index in [2.05, 4.69) is 20.4 Å². The molecular weight excluding hydrogens is 212 g/mol. The molecule has 0 amide bonds. The summed E-state index contributed by atoms with van der Waals surface area (Å²) >= 11 is 0. The van der Waals surface area contributed by atoms with Crippen LogP contribution < -0.4 is 0 Å². The molecule has 1 saturated carbocycles. The maximum atomic E-state index is 11.1. The van der Waals surface area contributed by atoms with Crippen LogP contribution in [0.5, 0.6) is 0 Å². The maximum Gasteiger partial charge on any atom is 0.331 e. The third kappa shape index (κ3) is 2.31. The predicted octanol–water partition coefficient (Wildman–Crippen LogP) is 3.79. The molecule has 0 aromatic carbocycles. The lowest BCUT2D eigenvalue weighted by atomic mass is 9.52. The molecule has 0 saturated heterocycles. The number of fused-ring (bicyclic) bond motifs is 1. The van der Waals surface area contributed by atoms with E-state index in [1.807, 2.05) is 6.08 Å². The van der Waals surface area contributed by atoms with Crippen LogP contribution in [-0.2, 0) is 4.79 Å². The second kappa shape index (κ2) is 4.32. The third-order valence-electron chi connectivity index (χ3n) is 4.62. The average Bonchev–Trinajstić information content (AvgIpc) is 2.28. The van der Waals surface area contributed by atoms with Crippen molar-refractivity contribution >= 4 is 5.97 Å². The van der Waals surface area contributed by atoms with Gasteiger partial charge >= 0.3 is 5.97 Å². The zero-order valence-electron chi connectivity index (χ0n) is 10.8. The van der Waals surface area contributed by atoms with Crippen molar-refractivity contribution in [2.45, 2.75) is 46.0 Å². The van der Waals surface area contributed by atoms with E-state index in [4.69, 9.17) is 5.11 Å². The lowest BCUT2D eigenvalue weighted by molar-refractivity contribution is -0.133. The molecular formula is C15H22O2. The Morgan fingerprint density at radius 3 is 2.76 bits per heavy atom. The van der Waals surface area contributed by atoms with Gasteiger partial charge < -0.3 is 5.11 Å². The highest BCUT2D eigenvalue weighted by molar-refractivity contribution is 5.86. The molecule has 0 aliphatic heterocycles. The van der Waals surface area contributed by atoms with Gasteiger partial charge in [-0.2, -0.15) is 0 Å². The summed E-state index contributed by atoms with van der Waals surface area (Å²) in [7, 11) is 0. The molecule has 2 rings (SSSR count). The SMILES string of the molecule is C=C1CC/C=C(/C(=O)O)CCC2C1CC2(C)C. The van der Waals surface area contributed by atoms with Crippen molar-refractivity contribution in [3.63, 3.8) is 0 Å². The van der Waals surface area contributed by atoms with Crippen molar-refractivity contribution in [1.29, 1.82) is 0 Å². The van der Waals surface area contributed by atoms with Gasteiger partial charge in [-0.1, -0.05) is 32.1 Å². The van der Waals surface area contributed by atoms with E-state index in [0.29, 0.717) is 29.2 Å². The highest BCUT2D eigenvalue weighted by Gasteiger charge is 2.47. The van der Waals surface area contributed by atoms with Crippen LogP contribution in [0.3, 0.4) is 0 Å². The number of carboxylic acids is 1. The molecule has 2 atom stereocenters. The lowest BCUT2D eigenvalue weighted by Crippen LogP contribution is -2.44. The summed E-state index contributed by atoms with van der Waals surface area (Å²) in [6, 6.07) is 0. The first-order chi connectivity index (χ1) is 7.92. The van der Waals surface area contributed by atoms with E-state index in [9.17, 15) is 4.79 Å². The monoisotopic (exact) mass is 234 g/mol. The van der Waals surface area contributed by atoms with Crippen LogP contribution in [0.25, 0.3) is 0 Å². The second-order valence-corrected chi connectivity index (χ2v) is 6.18. The zero-order chi connectivity index (χ0) is 12.6. The van der Waals surface area contributed by atoms with Gasteiger partial charge in [0, 0.05) is 5.57 Å². The molecule has 2 unspecified atom stereocenters. The average molecular weight is 234 g/mol. The van der Waals surface area contributed by atoms with E-state index < -0.39 is 5.97 Å². The first-order valence-corrected chi connectivity index (χ1v) is 6.52. The van der Waals surface area contributed by atoms with Crippen LogP contribution in [0.1, 0.15) is 46.0 Å². The van der Waals surface area contributed by atoms with Crippen LogP contribution in [0.4, 0.5) is 0 Å². The van der Waals surface area contributed by atoms with E-state index in [1.165, 1.54) is 12.0 Å². The second-order valence-electron chi connectivity index (χ2n) is 6.18. The number of hydrogen-bond acceptors (Lipinski definition) is 1. The fraction of sp³-hybridized carbons (Fsp3) is 0.667. The number of carboxylic acid groups (broad SMARTS) is 1. The number of aliphatic carboxylic acids is 1. The Bertz CT molecular complexity index is 376.